The number of aliphatic hydroxyl groups excluding tert-OH is 1. The Bertz CT molecular complexity index is 329. The number of aliphatic hydroxyl groups is 1. The minimum Gasteiger partial charge on any atom is -0.478 e. The first-order chi connectivity index (χ1) is 6.65. The normalized spacial score (nSPS) is 12.1. The number of aromatic nitrogens is 2. The average Bonchev–Trinajstić information content (AvgIpc) is 2.18. The van der Waals surface area contributed by atoms with E-state index in [9.17, 15) is 4.79 Å². The number of anilines is 1. The SMILES string of the molecule is CC(CO)Nc1nnccc1C(=O)O. The van der Waals surface area contributed by atoms with Crippen molar-refractivity contribution in [1.82, 2.24) is 10.2 Å². The Kier molecular flexibility index (Phi) is 3.35. The summed E-state index contributed by atoms with van der Waals surface area (Å²) < 4.78 is 0. The van der Waals surface area contributed by atoms with Crippen LogP contribution in [0, 0.1) is 0 Å². The maximum Gasteiger partial charge on any atom is 0.339 e. The molecule has 0 spiro atoms. The second-order valence-electron chi connectivity index (χ2n) is 2.83. The summed E-state index contributed by atoms with van der Waals surface area (Å²) in [7, 11) is 0. The van der Waals surface area contributed by atoms with Crippen LogP contribution in [-0.2, 0) is 0 Å². The van der Waals surface area contributed by atoms with Gasteiger partial charge < -0.3 is 15.5 Å². The first-order valence-electron chi connectivity index (χ1n) is 4.07. The Balaban J connectivity index is 2.90. The zero-order valence-electron chi connectivity index (χ0n) is 7.64. The molecule has 0 radical (unpaired) electrons. The monoisotopic (exact) mass is 197 g/mol. The van der Waals surface area contributed by atoms with Gasteiger partial charge in [-0.1, -0.05) is 0 Å². The highest BCUT2D eigenvalue weighted by atomic mass is 16.4. The van der Waals surface area contributed by atoms with Gasteiger partial charge in [-0.3, -0.25) is 0 Å². The predicted octanol–water partition coefficient (Wildman–Crippen LogP) is -0.0325. The molecule has 0 fully saturated rings. The highest BCUT2D eigenvalue weighted by Gasteiger charge is 2.12. The van der Waals surface area contributed by atoms with Gasteiger partial charge in [0.1, 0.15) is 5.56 Å². The topological polar surface area (TPSA) is 95.3 Å². The van der Waals surface area contributed by atoms with Crippen LogP contribution in [0.15, 0.2) is 12.3 Å². The molecule has 0 aliphatic heterocycles. The fourth-order valence-corrected chi connectivity index (χ4v) is 0.890. The van der Waals surface area contributed by atoms with Crippen LogP contribution in [0.4, 0.5) is 5.82 Å². The third kappa shape index (κ3) is 2.40. The van der Waals surface area contributed by atoms with E-state index in [0.29, 0.717) is 0 Å². The first kappa shape index (κ1) is 10.4. The summed E-state index contributed by atoms with van der Waals surface area (Å²) in [5.41, 5.74) is 0.0419. The van der Waals surface area contributed by atoms with E-state index in [2.05, 4.69) is 15.5 Å². The number of nitrogens with one attached hydrogen (secondary N) is 1. The van der Waals surface area contributed by atoms with Crippen molar-refractivity contribution in [2.24, 2.45) is 0 Å². The quantitative estimate of drug-likeness (QED) is 0.627. The smallest absolute Gasteiger partial charge is 0.339 e. The van der Waals surface area contributed by atoms with E-state index in [4.69, 9.17) is 10.2 Å². The molecular formula is C8H11N3O3. The highest BCUT2D eigenvalue weighted by molar-refractivity contribution is 5.92. The van der Waals surface area contributed by atoms with Gasteiger partial charge in [0.2, 0.25) is 0 Å². The van der Waals surface area contributed by atoms with Crippen LogP contribution in [0.2, 0.25) is 0 Å². The van der Waals surface area contributed by atoms with E-state index < -0.39 is 5.97 Å². The summed E-state index contributed by atoms with van der Waals surface area (Å²) in [6, 6.07) is 1.09. The molecule has 76 valence electrons. The number of carboxylic acids is 1. The molecule has 0 aromatic carbocycles. The predicted molar refractivity (Wildman–Crippen MR) is 49.2 cm³/mol. The van der Waals surface area contributed by atoms with Gasteiger partial charge in [0.15, 0.2) is 5.82 Å². The Morgan fingerprint density at radius 1 is 1.71 bits per heavy atom. The fourth-order valence-electron chi connectivity index (χ4n) is 0.890. The standard InChI is InChI=1S/C8H11N3O3/c1-5(4-12)10-7-6(8(13)14)2-3-9-11-7/h2-3,5,12H,4H2,1H3,(H,10,11)(H,13,14). The molecule has 14 heavy (non-hydrogen) atoms. The fraction of sp³-hybridized carbons (Fsp3) is 0.375. The molecule has 0 amide bonds. The van der Waals surface area contributed by atoms with Gasteiger partial charge in [0, 0.05) is 6.04 Å². The van der Waals surface area contributed by atoms with Gasteiger partial charge in [-0.05, 0) is 13.0 Å². The van der Waals surface area contributed by atoms with E-state index in [1.807, 2.05) is 0 Å². The largest absolute Gasteiger partial charge is 0.478 e. The molecular weight excluding hydrogens is 186 g/mol. The number of rotatable bonds is 4. The maximum atomic E-state index is 10.7. The summed E-state index contributed by atoms with van der Waals surface area (Å²) in [6.45, 7) is 1.61. The van der Waals surface area contributed by atoms with Gasteiger partial charge in [0.05, 0.1) is 12.8 Å². The Morgan fingerprint density at radius 3 is 3.00 bits per heavy atom. The second kappa shape index (κ2) is 4.52. The number of hydrogen-bond donors (Lipinski definition) is 3. The Morgan fingerprint density at radius 2 is 2.43 bits per heavy atom. The molecule has 1 heterocycles. The van der Waals surface area contributed by atoms with Crippen LogP contribution in [0.5, 0.6) is 0 Å². The van der Waals surface area contributed by atoms with E-state index in [1.165, 1.54) is 12.3 Å². The van der Waals surface area contributed by atoms with Crippen LogP contribution in [0.3, 0.4) is 0 Å². The molecule has 6 heteroatoms. The summed E-state index contributed by atoms with van der Waals surface area (Å²) in [6.07, 6.45) is 1.30. The lowest BCUT2D eigenvalue weighted by Crippen LogP contribution is -2.22. The number of hydrogen-bond acceptors (Lipinski definition) is 5. The number of carboxylic acid groups (broad SMARTS) is 1. The van der Waals surface area contributed by atoms with E-state index in [-0.39, 0.29) is 24.0 Å². The highest BCUT2D eigenvalue weighted by Crippen LogP contribution is 2.10. The lowest BCUT2D eigenvalue weighted by atomic mass is 10.2. The molecule has 1 aromatic rings. The van der Waals surface area contributed by atoms with Gasteiger partial charge in [-0.15, -0.1) is 5.10 Å². The Hall–Kier alpha value is -1.69. The summed E-state index contributed by atoms with van der Waals surface area (Å²) in [4.78, 5) is 10.7. The molecule has 6 nitrogen and oxygen atoms in total. The molecule has 0 aliphatic rings. The molecule has 0 aliphatic carbocycles. The van der Waals surface area contributed by atoms with Gasteiger partial charge in [-0.2, -0.15) is 5.10 Å². The van der Waals surface area contributed by atoms with Crippen LogP contribution in [0.1, 0.15) is 17.3 Å². The first-order valence-corrected chi connectivity index (χ1v) is 4.07. The van der Waals surface area contributed by atoms with Crippen LogP contribution < -0.4 is 5.32 Å². The van der Waals surface area contributed by atoms with Crippen molar-refractivity contribution in [3.8, 4) is 0 Å². The number of carbonyl (C=O) groups is 1. The van der Waals surface area contributed by atoms with Crippen molar-refractivity contribution in [2.75, 3.05) is 11.9 Å². The van der Waals surface area contributed by atoms with E-state index in [1.54, 1.807) is 6.92 Å². The van der Waals surface area contributed by atoms with Crippen molar-refractivity contribution >= 4 is 11.8 Å². The van der Waals surface area contributed by atoms with Gasteiger partial charge in [-0.25, -0.2) is 4.79 Å². The zero-order valence-corrected chi connectivity index (χ0v) is 7.64. The second-order valence-corrected chi connectivity index (χ2v) is 2.83. The van der Waals surface area contributed by atoms with Crippen molar-refractivity contribution in [3.63, 3.8) is 0 Å². The van der Waals surface area contributed by atoms with E-state index in [0.717, 1.165) is 0 Å². The van der Waals surface area contributed by atoms with Crippen molar-refractivity contribution in [2.45, 2.75) is 13.0 Å². The molecule has 3 N–H and O–H groups in total. The van der Waals surface area contributed by atoms with Gasteiger partial charge >= 0.3 is 5.97 Å². The third-order valence-electron chi connectivity index (χ3n) is 1.61. The average molecular weight is 197 g/mol. The summed E-state index contributed by atoms with van der Waals surface area (Å²) in [5.74, 6) is -0.908. The van der Waals surface area contributed by atoms with Crippen LogP contribution >= 0.6 is 0 Å². The minimum absolute atomic E-state index is 0.0419. The Labute approximate surface area is 80.6 Å². The number of aromatic carboxylic acids is 1. The minimum atomic E-state index is -1.08. The maximum absolute atomic E-state index is 10.7. The van der Waals surface area contributed by atoms with Gasteiger partial charge in [0.25, 0.3) is 0 Å². The molecule has 1 aromatic heterocycles. The molecule has 0 saturated carbocycles. The lowest BCUT2D eigenvalue weighted by molar-refractivity contribution is 0.0697. The van der Waals surface area contributed by atoms with Crippen LogP contribution in [0.25, 0.3) is 0 Å². The van der Waals surface area contributed by atoms with Crippen LogP contribution in [-0.4, -0.2) is 39.0 Å². The molecule has 1 unspecified atom stereocenters. The molecule has 0 saturated heterocycles. The summed E-state index contributed by atoms with van der Waals surface area (Å²) in [5, 5.41) is 27.5. The third-order valence-corrected chi connectivity index (χ3v) is 1.61. The van der Waals surface area contributed by atoms with Crippen molar-refractivity contribution in [3.05, 3.63) is 17.8 Å². The summed E-state index contributed by atoms with van der Waals surface area (Å²) >= 11 is 0. The number of nitrogens with zero attached hydrogens (tertiary/aromatic N) is 2. The van der Waals surface area contributed by atoms with E-state index >= 15 is 0 Å². The molecule has 1 rings (SSSR count). The molecule has 0 bridgehead atoms. The molecule has 1 atom stereocenters. The van der Waals surface area contributed by atoms with Crippen molar-refractivity contribution in [1.29, 1.82) is 0 Å². The van der Waals surface area contributed by atoms with Crippen molar-refractivity contribution < 1.29 is 15.0 Å². The zero-order chi connectivity index (χ0) is 10.6. The lowest BCUT2D eigenvalue weighted by Gasteiger charge is -2.11.